The maximum atomic E-state index is 12.8. The first-order valence-corrected chi connectivity index (χ1v) is 12.1. The monoisotopic (exact) mass is 496 g/mol. The SMILES string of the molecule is Cc1cccc(C)c1NS(=O)(=O)c1ccc(NC(=O)Cn2c(=O)c3c(ncn3C)n(C)c2=O)cc1. The van der Waals surface area contributed by atoms with Crippen LogP contribution in [0.25, 0.3) is 11.2 Å². The van der Waals surface area contributed by atoms with E-state index in [9.17, 15) is 22.8 Å². The third-order valence-corrected chi connectivity index (χ3v) is 7.03. The third-order valence-electron chi connectivity index (χ3n) is 5.67. The highest BCUT2D eigenvalue weighted by atomic mass is 32.2. The molecule has 2 aromatic carbocycles. The zero-order chi connectivity index (χ0) is 25.5. The zero-order valence-corrected chi connectivity index (χ0v) is 20.4. The second-order valence-electron chi connectivity index (χ2n) is 8.21. The van der Waals surface area contributed by atoms with Gasteiger partial charge in [0, 0.05) is 19.8 Å². The molecule has 0 saturated heterocycles. The maximum absolute atomic E-state index is 12.8. The van der Waals surface area contributed by atoms with Crippen LogP contribution < -0.4 is 21.3 Å². The normalized spacial score (nSPS) is 11.5. The fraction of sp³-hybridized carbons (Fsp3) is 0.217. The van der Waals surface area contributed by atoms with Crippen molar-refractivity contribution in [2.24, 2.45) is 14.1 Å². The molecule has 2 N–H and O–H groups in total. The number of carbonyl (C=O) groups excluding carboxylic acids is 1. The highest BCUT2D eigenvalue weighted by Gasteiger charge is 2.19. The summed E-state index contributed by atoms with van der Waals surface area (Å²) in [6.07, 6.45) is 1.42. The predicted molar refractivity (Wildman–Crippen MR) is 132 cm³/mol. The van der Waals surface area contributed by atoms with Gasteiger partial charge >= 0.3 is 5.69 Å². The minimum atomic E-state index is -3.85. The summed E-state index contributed by atoms with van der Waals surface area (Å²) in [5.41, 5.74) is 1.55. The van der Waals surface area contributed by atoms with E-state index in [0.717, 1.165) is 15.7 Å². The molecule has 1 amide bonds. The number of sulfonamides is 1. The van der Waals surface area contributed by atoms with Crippen molar-refractivity contribution in [2.45, 2.75) is 25.3 Å². The summed E-state index contributed by atoms with van der Waals surface area (Å²) >= 11 is 0. The van der Waals surface area contributed by atoms with E-state index >= 15 is 0 Å². The molecule has 0 bridgehead atoms. The first-order chi connectivity index (χ1) is 16.5. The fourth-order valence-electron chi connectivity index (χ4n) is 3.77. The van der Waals surface area contributed by atoms with Gasteiger partial charge in [-0.1, -0.05) is 18.2 Å². The zero-order valence-electron chi connectivity index (χ0n) is 19.6. The van der Waals surface area contributed by atoms with Gasteiger partial charge in [0.05, 0.1) is 16.9 Å². The van der Waals surface area contributed by atoms with Crippen LogP contribution in [0, 0.1) is 13.8 Å². The molecule has 0 saturated carbocycles. The van der Waals surface area contributed by atoms with Gasteiger partial charge in [-0.05, 0) is 49.2 Å². The highest BCUT2D eigenvalue weighted by molar-refractivity contribution is 7.92. The molecule has 0 aliphatic rings. The smallest absolute Gasteiger partial charge is 0.328 e. The van der Waals surface area contributed by atoms with Crippen LogP contribution in [-0.2, 0) is 35.5 Å². The van der Waals surface area contributed by atoms with Crippen LogP contribution in [0.2, 0.25) is 0 Å². The van der Waals surface area contributed by atoms with E-state index in [2.05, 4.69) is 15.0 Å². The van der Waals surface area contributed by atoms with E-state index in [1.54, 1.807) is 7.05 Å². The topological polar surface area (TPSA) is 137 Å². The fourth-order valence-corrected chi connectivity index (χ4v) is 4.97. The number of hydrogen-bond acceptors (Lipinski definition) is 6. The molecule has 0 atom stereocenters. The van der Waals surface area contributed by atoms with Crippen molar-refractivity contribution in [1.82, 2.24) is 18.7 Å². The lowest BCUT2D eigenvalue weighted by molar-refractivity contribution is -0.116. The molecule has 182 valence electrons. The number of aromatic nitrogens is 4. The number of nitrogens with one attached hydrogen (secondary N) is 2. The second kappa shape index (κ2) is 8.87. The van der Waals surface area contributed by atoms with Crippen LogP contribution in [0.4, 0.5) is 11.4 Å². The highest BCUT2D eigenvalue weighted by Crippen LogP contribution is 2.24. The predicted octanol–water partition coefficient (Wildman–Crippen LogP) is 1.49. The molecule has 12 heteroatoms. The molecule has 0 aliphatic heterocycles. The number of amides is 1. The van der Waals surface area contributed by atoms with Crippen molar-refractivity contribution in [1.29, 1.82) is 0 Å². The Balaban J connectivity index is 1.53. The molecule has 0 radical (unpaired) electrons. The number of carbonyl (C=O) groups is 1. The van der Waals surface area contributed by atoms with E-state index in [-0.39, 0.29) is 16.1 Å². The summed E-state index contributed by atoms with van der Waals surface area (Å²) in [4.78, 5) is 42.0. The van der Waals surface area contributed by atoms with Gasteiger partial charge in [0.1, 0.15) is 6.54 Å². The molecule has 0 spiro atoms. The number of aryl methyl sites for hydroxylation is 4. The molecular weight excluding hydrogens is 472 g/mol. The standard InChI is InChI=1S/C23H24N6O5S/c1-14-6-5-7-15(2)19(14)26-35(33,34)17-10-8-16(9-11-17)25-18(30)12-29-22(31)20-21(24-13-27(20)3)28(4)23(29)32/h5-11,13,26H,12H2,1-4H3,(H,25,30). The average Bonchev–Trinajstić information content (AvgIpc) is 3.20. The number of para-hydroxylation sites is 1. The van der Waals surface area contributed by atoms with E-state index in [1.807, 2.05) is 32.0 Å². The van der Waals surface area contributed by atoms with Crippen LogP contribution >= 0.6 is 0 Å². The van der Waals surface area contributed by atoms with E-state index in [0.29, 0.717) is 11.4 Å². The lowest BCUT2D eigenvalue weighted by Gasteiger charge is -2.14. The van der Waals surface area contributed by atoms with E-state index in [1.165, 1.54) is 46.8 Å². The number of anilines is 2. The Morgan fingerprint density at radius 2 is 1.63 bits per heavy atom. The Labute approximate surface area is 200 Å². The van der Waals surface area contributed by atoms with Crippen molar-refractivity contribution < 1.29 is 13.2 Å². The summed E-state index contributed by atoms with van der Waals surface area (Å²) in [5.74, 6) is -0.616. The Morgan fingerprint density at radius 3 is 2.26 bits per heavy atom. The van der Waals surface area contributed by atoms with E-state index < -0.39 is 33.7 Å². The largest absolute Gasteiger partial charge is 0.332 e. The molecular formula is C23H24N6O5S. The molecule has 2 heterocycles. The molecule has 0 unspecified atom stereocenters. The van der Waals surface area contributed by atoms with Gasteiger partial charge in [0.2, 0.25) is 5.91 Å². The van der Waals surface area contributed by atoms with Gasteiger partial charge in [0.15, 0.2) is 11.2 Å². The van der Waals surface area contributed by atoms with Crippen LogP contribution in [0.5, 0.6) is 0 Å². The Morgan fingerprint density at radius 1 is 1.00 bits per heavy atom. The Bertz CT molecular complexity index is 1660. The van der Waals surface area contributed by atoms with Gasteiger partial charge < -0.3 is 9.88 Å². The number of hydrogen-bond donors (Lipinski definition) is 2. The summed E-state index contributed by atoms with van der Waals surface area (Å²) in [6, 6.07) is 11.1. The molecule has 4 aromatic rings. The van der Waals surface area contributed by atoms with Gasteiger partial charge in [-0.2, -0.15) is 0 Å². The third kappa shape index (κ3) is 4.47. The van der Waals surface area contributed by atoms with Crippen molar-refractivity contribution in [2.75, 3.05) is 10.0 Å². The van der Waals surface area contributed by atoms with Crippen LogP contribution in [-0.4, -0.2) is 33.0 Å². The van der Waals surface area contributed by atoms with Gasteiger partial charge in [-0.3, -0.25) is 18.9 Å². The summed E-state index contributed by atoms with van der Waals surface area (Å²) in [7, 11) is -0.757. The first kappa shape index (κ1) is 24.0. The number of rotatable bonds is 6. The average molecular weight is 497 g/mol. The molecule has 4 rings (SSSR count). The molecule has 35 heavy (non-hydrogen) atoms. The molecule has 0 aliphatic carbocycles. The Kier molecular flexibility index (Phi) is 6.07. The lowest BCUT2D eigenvalue weighted by atomic mass is 10.1. The number of fused-ring (bicyclic) bond motifs is 1. The molecule has 11 nitrogen and oxygen atoms in total. The molecule has 0 fully saturated rings. The van der Waals surface area contributed by atoms with Crippen LogP contribution in [0.15, 0.2) is 63.3 Å². The summed E-state index contributed by atoms with van der Waals surface area (Å²) in [5, 5.41) is 2.58. The number of nitrogens with zero attached hydrogens (tertiary/aromatic N) is 4. The summed E-state index contributed by atoms with van der Waals surface area (Å²) < 4.78 is 31.8. The lowest BCUT2D eigenvalue weighted by Crippen LogP contribution is -2.42. The van der Waals surface area contributed by atoms with Crippen molar-refractivity contribution in [3.05, 3.63) is 80.8 Å². The van der Waals surface area contributed by atoms with E-state index in [4.69, 9.17) is 0 Å². The minimum Gasteiger partial charge on any atom is -0.328 e. The van der Waals surface area contributed by atoms with Crippen LogP contribution in [0.3, 0.4) is 0 Å². The number of imidazole rings is 1. The van der Waals surface area contributed by atoms with Crippen molar-refractivity contribution in [3.8, 4) is 0 Å². The summed E-state index contributed by atoms with van der Waals surface area (Å²) in [6.45, 7) is 3.11. The minimum absolute atomic E-state index is 0.0184. The maximum Gasteiger partial charge on any atom is 0.332 e. The molecule has 2 aromatic heterocycles. The quantitative estimate of drug-likeness (QED) is 0.415. The number of benzene rings is 2. The van der Waals surface area contributed by atoms with Crippen molar-refractivity contribution in [3.63, 3.8) is 0 Å². The first-order valence-electron chi connectivity index (χ1n) is 10.6. The van der Waals surface area contributed by atoms with Gasteiger partial charge in [-0.15, -0.1) is 0 Å². The van der Waals surface area contributed by atoms with Crippen LogP contribution in [0.1, 0.15) is 11.1 Å². The van der Waals surface area contributed by atoms with Gasteiger partial charge in [0.25, 0.3) is 15.6 Å². The van der Waals surface area contributed by atoms with Gasteiger partial charge in [-0.25, -0.2) is 22.8 Å². The van der Waals surface area contributed by atoms with Crippen molar-refractivity contribution >= 4 is 38.5 Å². The second-order valence-corrected chi connectivity index (χ2v) is 9.89. The Hall–Kier alpha value is -4.19.